The van der Waals surface area contributed by atoms with Crippen molar-refractivity contribution in [2.24, 2.45) is 5.92 Å². The average molecular weight is 477 g/mol. The van der Waals surface area contributed by atoms with Gasteiger partial charge in [0, 0.05) is 19.4 Å². The van der Waals surface area contributed by atoms with Crippen molar-refractivity contribution in [1.29, 1.82) is 0 Å². The monoisotopic (exact) mass is 476 g/mol. The van der Waals surface area contributed by atoms with Gasteiger partial charge in [0.1, 0.15) is 0 Å². The molecule has 0 aromatic heterocycles. The predicted molar refractivity (Wildman–Crippen MR) is 130 cm³/mol. The van der Waals surface area contributed by atoms with Gasteiger partial charge in [-0.3, -0.25) is 4.79 Å². The van der Waals surface area contributed by atoms with Crippen LogP contribution in [-0.4, -0.2) is 68.3 Å². The lowest BCUT2D eigenvalue weighted by Gasteiger charge is -2.37. The summed E-state index contributed by atoms with van der Waals surface area (Å²) in [5, 5.41) is 0. The summed E-state index contributed by atoms with van der Waals surface area (Å²) < 4.78 is 30.4. The minimum Gasteiger partial charge on any atom is -0.469 e. The molecular formula is C23H48O6Si2. The fourth-order valence-corrected chi connectivity index (χ4v) is 10.4. The zero-order chi connectivity index (χ0) is 23.5. The Morgan fingerprint density at radius 1 is 0.935 bits per heavy atom. The molecule has 1 fully saturated rings. The van der Waals surface area contributed by atoms with Crippen LogP contribution in [0, 0.1) is 5.92 Å². The molecule has 0 aliphatic carbocycles. The molecule has 3 unspecified atom stereocenters. The van der Waals surface area contributed by atoms with Crippen LogP contribution in [0.25, 0.3) is 0 Å². The Labute approximate surface area is 193 Å². The van der Waals surface area contributed by atoms with Crippen LogP contribution in [0.5, 0.6) is 0 Å². The smallest absolute Gasteiger partial charge is 0.305 e. The van der Waals surface area contributed by atoms with Crippen molar-refractivity contribution < 1.29 is 27.9 Å². The molecule has 1 saturated heterocycles. The number of carbonyl (C=O) groups is 1. The van der Waals surface area contributed by atoms with E-state index in [1.54, 1.807) is 7.11 Å². The normalized spacial score (nSPS) is 23.2. The predicted octanol–water partition coefficient (Wildman–Crippen LogP) is 5.38. The minimum absolute atomic E-state index is 0.00238. The second-order valence-electron chi connectivity index (χ2n) is 8.89. The van der Waals surface area contributed by atoms with Crippen LogP contribution in [0.1, 0.15) is 54.4 Å². The molecule has 0 aromatic rings. The molecule has 1 aliphatic heterocycles. The number of ether oxygens (including phenoxy) is 3. The molecule has 0 N–H and O–H groups in total. The molecular weight excluding hydrogens is 428 g/mol. The van der Waals surface area contributed by atoms with Crippen LogP contribution in [0.4, 0.5) is 0 Å². The quantitative estimate of drug-likeness (QED) is 0.220. The first-order valence-corrected chi connectivity index (χ1v) is 17.4. The van der Waals surface area contributed by atoms with Crippen molar-refractivity contribution in [2.45, 2.75) is 109 Å². The maximum atomic E-state index is 11.8. The maximum Gasteiger partial charge on any atom is 0.305 e. The standard InChI is InChI=1S/C23H48O6Si2/c1-9-30(10-2,11-3)28-18-20(29-31(12-4,13-5)14-6)16-21-23(26-8)19(17-27-21)15-22(24)25-7/h19-21,23H,9-18H2,1-8H3/t19?,20?,21?,23-/m1/s1. The van der Waals surface area contributed by atoms with Crippen molar-refractivity contribution in [3.05, 3.63) is 0 Å². The number of hydrogen-bond acceptors (Lipinski definition) is 6. The first kappa shape index (κ1) is 28.8. The Kier molecular flexibility index (Phi) is 13.1. The Bertz CT molecular complexity index is 494. The fourth-order valence-electron chi connectivity index (χ4n) is 4.85. The highest BCUT2D eigenvalue weighted by Crippen LogP contribution is 2.32. The molecule has 0 amide bonds. The molecule has 1 heterocycles. The molecule has 8 heteroatoms. The molecule has 0 aromatic carbocycles. The van der Waals surface area contributed by atoms with Crippen LogP contribution in [-0.2, 0) is 27.9 Å². The summed E-state index contributed by atoms with van der Waals surface area (Å²) in [5.74, 6) is -0.198. The summed E-state index contributed by atoms with van der Waals surface area (Å²) in [6.45, 7) is 14.7. The van der Waals surface area contributed by atoms with Gasteiger partial charge in [0.25, 0.3) is 0 Å². The highest BCUT2D eigenvalue weighted by Gasteiger charge is 2.42. The molecule has 4 atom stereocenters. The summed E-state index contributed by atoms with van der Waals surface area (Å²) in [7, 11) is -0.372. The van der Waals surface area contributed by atoms with E-state index in [2.05, 4.69) is 41.5 Å². The lowest BCUT2D eigenvalue weighted by atomic mass is 9.95. The molecule has 31 heavy (non-hydrogen) atoms. The van der Waals surface area contributed by atoms with E-state index in [1.807, 2.05) is 0 Å². The zero-order valence-electron chi connectivity index (χ0n) is 21.3. The number of methoxy groups -OCH3 is 2. The van der Waals surface area contributed by atoms with E-state index in [4.69, 9.17) is 23.1 Å². The second kappa shape index (κ2) is 14.1. The second-order valence-corrected chi connectivity index (χ2v) is 18.4. The zero-order valence-corrected chi connectivity index (χ0v) is 23.3. The van der Waals surface area contributed by atoms with Crippen LogP contribution >= 0.6 is 0 Å². The third-order valence-electron chi connectivity index (χ3n) is 7.64. The maximum absolute atomic E-state index is 11.8. The lowest BCUT2D eigenvalue weighted by molar-refractivity contribution is -0.142. The molecule has 0 bridgehead atoms. The van der Waals surface area contributed by atoms with Crippen molar-refractivity contribution in [3.63, 3.8) is 0 Å². The lowest BCUT2D eigenvalue weighted by Crippen LogP contribution is -2.46. The molecule has 6 nitrogen and oxygen atoms in total. The first-order valence-electron chi connectivity index (χ1n) is 12.3. The van der Waals surface area contributed by atoms with E-state index in [-0.39, 0.29) is 30.2 Å². The molecule has 0 spiro atoms. The van der Waals surface area contributed by atoms with E-state index in [0.29, 0.717) is 19.6 Å². The van der Waals surface area contributed by atoms with E-state index in [9.17, 15) is 4.79 Å². The van der Waals surface area contributed by atoms with Gasteiger partial charge in [-0.1, -0.05) is 41.5 Å². The third kappa shape index (κ3) is 7.93. The van der Waals surface area contributed by atoms with Gasteiger partial charge in [-0.2, -0.15) is 0 Å². The Morgan fingerprint density at radius 2 is 1.48 bits per heavy atom. The van der Waals surface area contributed by atoms with Gasteiger partial charge in [-0.15, -0.1) is 0 Å². The average Bonchev–Trinajstić information content (AvgIpc) is 3.19. The minimum atomic E-state index is -1.80. The molecule has 184 valence electrons. The highest BCUT2D eigenvalue weighted by molar-refractivity contribution is 6.74. The summed E-state index contributed by atoms with van der Waals surface area (Å²) >= 11 is 0. The fraction of sp³-hybridized carbons (Fsp3) is 0.957. The van der Waals surface area contributed by atoms with Gasteiger partial charge in [-0.25, -0.2) is 0 Å². The van der Waals surface area contributed by atoms with Crippen LogP contribution < -0.4 is 0 Å². The van der Waals surface area contributed by atoms with Crippen molar-refractivity contribution in [2.75, 3.05) is 27.4 Å². The number of hydrogen-bond donors (Lipinski definition) is 0. The summed E-state index contributed by atoms with van der Waals surface area (Å²) in [6.07, 6.45) is 0.848. The van der Waals surface area contributed by atoms with E-state index in [0.717, 1.165) is 42.7 Å². The van der Waals surface area contributed by atoms with E-state index >= 15 is 0 Å². The van der Waals surface area contributed by atoms with Gasteiger partial charge < -0.3 is 23.1 Å². The Morgan fingerprint density at radius 3 is 1.94 bits per heavy atom. The van der Waals surface area contributed by atoms with Crippen LogP contribution in [0.2, 0.25) is 36.3 Å². The van der Waals surface area contributed by atoms with Gasteiger partial charge in [0.2, 0.25) is 0 Å². The number of rotatable bonds is 16. The summed E-state index contributed by atoms with van der Waals surface area (Å²) in [4.78, 5) is 11.8. The van der Waals surface area contributed by atoms with Gasteiger partial charge in [-0.05, 0) is 36.3 Å². The molecule has 1 rings (SSSR count). The third-order valence-corrected chi connectivity index (χ3v) is 17.0. The molecule has 1 aliphatic rings. The summed E-state index contributed by atoms with van der Waals surface area (Å²) in [6, 6.07) is 6.72. The molecule has 0 radical (unpaired) electrons. The Hall–Kier alpha value is -0.256. The van der Waals surface area contributed by atoms with Gasteiger partial charge >= 0.3 is 5.97 Å². The number of esters is 1. The van der Waals surface area contributed by atoms with Crippen molar-refractivity contribution >= 4 is 22.6 Å². The van der Waals surface area contributed by atoms with Crippen LogP contribution in [0.15, 0.2) is 0 Å². The number of carbonyl (C=O) groups excluding carboxylic acids is 1. The Balaban J connectivity index is 2.98. The largest absolute Gasteiger partial charge is 0.469 e. The molecule has 0 saturated carbocycles. The summed E-state index contributed by atoms with van der Waals surface area (Å²) in [5.41, 5.74) is 0. The van der Waals surface area contributed by atoms with Crippen molar-refractivity contribution in [3.8, 4) is 0 Å². The van der Waals surface area contributed by atoms with E-state index < -0.39 is 16.6 Å². The van der Waals surface area contributed by atoms with Crippen LogP contribution in [0.3, 0.4) is 0 Å². The topological polar surface area (TPSA) is 63.2 Å². The SMILES string of the molecule is CC[Si](CC)(CC)OCC(CC1OCC(CC(=O)OC)[C@H]1OC)O[Si](CC)(CC)CC. The van der Waals surface area contributed by atoms with Gasteiger partial charge in [0.05, 0.1) is 45.1 Å². The van der Waals surface area contributed by atoms with E-state index in [1.165, 1.54) is 7.11 Å². The van der Waals surface area contributed by atoms with Crippen molar-refractivity contribution in [1.82, 2.24) is 0 Å². The van der Waals surface area contributed by atoms with Gasteiger partial charge in [0.15, 0.2) is 16.6 Å². The first-order chi connectivity index (χ1) is 14.8. The highest BCUT2D eigenvalue weighted by atomic mass is 28.4.